The molecule has 2 N–H and O–H groups in total. The van der Waals surface area contributed by atoms with Crippen molar-refractivity contribution in [2.45, 2.75) is 0 Å². The molecular formula is CH5Cl2NS. The van der Waals surface area contributed by atoms with Crippen molar-refractivity contribution < 1.29 is 0 Å². The predicted octanol–water partition coefficient (Wildman–Crippen LogP) is 1.60. The minimum Gasteiger partial charge on any atom is -0.271 e. The number of halogens is 2. The number of rotatable bonds is 0. The normalized spacial score (nSPS) is 15.2. The van der Waals surface area contributed by atoms with Gasteiger partial charge in [-0.05, 0) is 30.0 Å². The Morgan fingerprint density at radius 3 is 1.60 bits per heavy atom. The van der Waals surface area contributed by atoms with Crippen LogP contribution in [0.5, 0.6) is 0 Å². The van der Waals surface area contributed by atoms with Gasteiger partial charge in [0.15, 0.2) is 0 Å². The molecule has 0 atom stereocenters. The third-order valence-electron chi connectivity index (χ3n) is 0. The molecule has 0 saturated heterocycles. The fourth-order valence-corrected chi connectivity index (χ4v) is 0. The van der Waals surface area contributed by atoms with Gasteiger partial charge in [-0.15, -0.1) is 0 Å². The minimum absolute atomic E-state index is 1.58. The molecule has 1 nitrogen and oxygen atoms in total. The summed E-state index contributed by atoms with van der Waals surface area (Å²) in [5.74, 6) is 0. The van der Waals surface area contributed by atoms with E-state index in [0.717, 1.165) is 0 Å². The van der Waals surface area contributed by atoms with Crippen molar-refractivity contribution in [3.63, 3.8) is 0 Å². The van der Waals surface area contributed by atoms with Crippen LogP contribution < -0.4 is 5.14 Å². The Morgan fingerprint density at radius 1 is 1.60 bits per heavy atom. The second-order valence-corrected chi connectivity index (χ2v) is 6.66. The van der Waals surface area contributed by atoms with Gasteiger partial charge in [-0.2, -0.15) is 0 Å². The molecule has 0 unspecified atom stereocenters. The van der Waals surface area contributed by atoms with Gasteiger partial charge in [0.2, 0.25) is 0 Å². The van der Waals surface area contributed by atoms with Gasteiger partial charge in [0.1, 0.15) is 0 Å². The third-order valence-corrected chi connectivity index (χ3v) is 0. The quantitative estimate of drug-likeness (QED) is 0.535. The molecule has 0 rings (SSSR count). The highest BCUT2D eigenvalue weighted by Gasteiger charge is 1.94. The van der Waals surface area contributed by atoms with Crippen LogP contribution in [0.25, 0.3) is 0 Å². The van der Waals surface area contributed by atoms with Crippen LogP contribution in [-0.2, 0) is 0 Å². The van der Waals surface area contributed by atoms with Gasteiger partial charge >= 0.3 is 0 Å². The molecule has 5 heavy (non-hydrogen) atoms. The molecular weight excluding hydrogens is 129 g/mol. The Kier molecular flexibility index (Phi) is 1.84. The average molecular weight is 134 g/mol. The smallest absolute Gasteiger partial charge is 0.00395 e. The Balaban J connectivity index is 3.02. The van der Waals surface area contributed by atoms with E-state index in [9.17, 15) is 0 Å². The number of hydrogen-bond donors (Lipinski definition) is 1. The second kappa shape index (κ2) is 1.56. The molecule has 4 heteroatoms. The minimum atomic E-state index is -1.72. The van der Waals surface area contributed by atoms with Crippen molar-refractivity contribution in [2.24, 2.45) is 5.14 Å². The van der Waals surface area contributed by atoms with Gasteiger partial charge in [0.25, 0.3) is 0 Å². The van der Waals surface area contributed by atoms with Gasteiger partial charge in [-0.25, -0.2) is 0 Å². The lowest BCUT2D eigenvalue weighted by atomic mass is 12.0. The van der Waals surface area contributed by atoms with Crippen LogP contribution in [0.3, 0.4) is 0 Å². The zero-order valence-corrected chi connectivity index (χ0v) is 5.07. The van der Waals surface area contributed by atoms with Crippen molar-refractivity contribution in [1.82, 2.24) is 0 Å². The van der Waals surface area contributed by atoms with E-state index in [2.05, 4.69) is 0 Å². The van der Waals surface area contributed by atoms with E-state index in [4.69, 9.17) is 26.5 Å². The topological polar surface area (TPSA) is 26.0 Å². The fourth-order valence-electron chi connectivity index (χ4n) is 0. The third kappa shape index (κ3) is 51.6. The van der Waals surface area contributed by atoms with Gasteiger partial charge in [0, 0.05) is 6.26 Å². The van der Waals surface area contributed by atoms with Gasteiger partial charge in [-0.3, -0.25) is 5.14 Å². The maximum absolute atomic E-state index is 5.16. The maximum Gasteiger partial charge on any atom is 0.00395 e. The van der Waals surface area contributed by atoms with Gasteiger partial charge in [0.05, 0.1) is 0 Å². The summed E-state index contributed by atoms with van der Waals surface area (Å²) in [5.41, 5.74) is 0. The summed E-state index contributed by atoms with van der Waals surface area (Å²) in [6, 6.07) is 0. The summed E-state index contributed by atoms with van der Waals surface area (Å²) in [5, 5.41) is 4.97. The average Bonchev–Trinajstić information content (AvgIpc) is 0.722. The van der Waals surface area contributed by atoms with Crippen LogP contribution in [0, 0.1) is 0 Å². The van der Waals surface area contributed by atoms with Crippen LogP contribution in [0.15, 0.2) is 0 Å². The Labute approximate surface area is 41.9 Å². The van der Waals surface area contributed by atoms with E-state index in [1.54, 1.807) is 6.26 Å². The lowest BCUT2D eigenvalue weighted by Crippen LogP contribution is -1.88. The highest BCUT2D eigenvalue weighted by molar-refractivity contribution is 8.64. The fraction of sp³-hybridized carbons (Fsp3) is 1.00. The van der Waals surface area contributed by atoms with Crippen LogP contribution in [-0.4, -0.2) is 6.26 Å². The molecule has 0 aliphatic carbocycles. The summed E-state index contributed by atoms with van der Waals surface area (Å²) in [6.07, 6.45) is 1.58. The monoisotopic (exact) mass is 133 g/mol. The first-order valence-corrected chi connectivity index (χ1v) is 4.71. The summed E-state index contributed by atoms with van der Waals surface area (Å²) >= 11 is 0. The largest absolute Gasteiger partial charge is 0.271 e. The van der Waals surface area contributed by atoms with Crippen LogP contribution in [0.4, 0.5) is 0 Å². The molecule has 0 aromatic carbocycles. The molecule has 34 valence electrons. The summed E-state index contributed by atoms with van der Waals surface area (Å²) < 4.78 is 0. The zero-order chi connectivity index (χ0) is 4.50. The highest BCUT2D eigenvalue weighted by Crippen LogP contribution is 2.45. The number of hydrogen-bond acceptors (Lipinski definition) is 1. The zero-order valence-electron chi connectivity index (χ0n) is 2.74. The molecule has 0 saturated carbocycles. The second-order valence-electron chi connectivity index (χ2n) is 0.781. The van der Waals surface area contributed by atoms with E-state index in [1.165, 1.54) is 0 Å². The summed E-state index contributed by atoms with van der Waals surface area (Å²) in [7, 11) is 8.59. The molecule has 0 fully saturated rings. The molecule has 0 heterocycles. The molecule has 0 bridgehead atoms. The Bertz CT molecular complexity index is 25.1. The van der Waals surface area contributed by atoms with E-state index in [0.29, 0.717) is 0 Å². The SMILES string of the molecule is CS(N)(Cl)Cl. The van der Waals surface area contributed by atoms with Crippen molar-refractivity contribution in [3.05, 3.63) is 0 Å². The predicted molar refractivity (Wildman–Crippen MR) is 29.4 cm³/mol. The Hall–Kier alpha value is 0.890. The first-order chi connectivity index (χ1) is 2.00. The highest BCUT2D eigenvalue weighted by atomic mass is 36.0. The first-order valence-electron chi connectivity index (χ1n) is 0.953. The molecule has 0 aliphatic heterocycles. The number of nitrogens with two attached hydrogens (primary N) is 1. The lowest BCUT2D eigenvalue weighted by Gasteiger charge is -2.06. The van der Waals surface area contributed by atoms with E-state index in [1.807, 2.05) is 0 Å². The standard InChI is InChI=1S/CH5Cl2NS/c1-5(2,3)4/h4H2,1H3. The van der Waals surface area contributed by atoms with Crippen molar-refractivity contribution in [2.75, 3.05) is 6.26 Å². The van der Waals surface area contributed by atoms with Crippen molar-refractivity contribution in [1.29, 1.82) is 0 Å². The van der Waals surface area contributed by atoms with Gasteiger partial charge < -0.3 is 0 Å². The first kappa shape index (κ1) is 5.89. The van der Waals surface area contributed by atoms with Crippen LogP contribution >= 0.6 is 30.0 Å². The van der Waals surface area contributed by atoms with E-state index in [-0.39, 0.29) is 0 Å². The van der Waals surface area contributed by atoms with Crippen LogP contribution in [0.2, 0.25) is 0 Å². The van der Waals surface area contributed by atoms with Gasteiger partial charge in [-0.1, -0.05) is 0 Å². The van der Waals surface area contributed by atoms with Crippen molar-refractivity contribution >= 4 is 30.0 Å². The summed E-state index contributed by atoms with van der Waals surface area (Å²) in [4.78, 5) is 0. The van der Waals surface area contributed by atoms with E-state index < -0.39 is 8.64 Å². The Morgan fingerprint density at radius 2 is 1.60 bits per heavy atom. The van der Waals surface area contributed by atoms with Crippen molar-refractivity contribution in [3.8, 4) is 0 Å². The molecule has 0 aromatic heterocycles. The molecule has 0 spiro atoms. The molecule has 0 aromatic rings. The maximum atomic E-state index is 5.16. The van der Waals surface area contributed by atoms with E-state index >= 15 is 0 Å². The molecule has 0 radical (unpaired) electrons. The lowest BCUT2D eigenvalue weighted by molar-refractivity contribution is 2.00. The molecule has 0 amide bonds. The summed E-state index contributed by atoms with van der Waals surface area (Å²) in [6.45, 7) is 0. The molecule has 0 aliphatic rings. The van der Waals surface area contributed by atoms with Crippen LogP contribution in [0.1, 0.15) is 0 Å².